The summed E-state index contributed by atoms with van der Waals surface area (Å²) < 4.78 is 11.6. The van der Waals surface area contributed by atoms with Gasteiger partial charge in [0.25, 0.3) is 0 Å². The Morgan fingerprint density at radius 3 is 2.74 bits per heavy atom. The molecule has 0 atom stereocenters. The Kier molecular flexibility index (Phi) is 5.35. The standard InChI is InChI=1S/C17H24N4O2/c1-13(2)17-20-19-16(23-17)11-21-9-6-15(7-10-21)22-12-14-5-3-4-8-18-14/h3-5,8,13,15H,6-7,9-12H2,1-2H3. The average Bonchev–Trinajstić information content (AvgIpc) is 3.04. The minimum absolute atomic E-state index is 0.280. The number of likely N-dealkylation sites (tertiary alicyclic amines) is 1. The summed E-state index contributed by atoms with van der Waals surface area (Å²) >= 11 is 0. The van der Waals surface area contributed by atoms with Gasteiger partial charge in [-0.15, -0.1) is 10.2 Å². The Morgan fingerprint density at radius 2 is 2.09 bits per heavy atom. The monoisotopic (exact) mass is 316 g/mol. The number of nitrogens with zero attached hydrogens (tertiary/aromatic N) is 4. The first-order chi connectivity index (χ1) is 11.2. The summed E-state index contributed by atoms with van der Waals surface area (Å²) in [7, 11) is 0. The lowest BCUT2D eigenvalue weighted by Gasteiger charge is -2.30. The fraction of sp³-hybridized carbons (Fsp3) is 0.588. The third kappa shape index (κ3) is 4.59. The fourth-order valence-electron chi connectivity index (χ4n) is 2.68. The van der Waals surface area contributed by atoms with Gasteiger partial charge >= 0.3 is 0 Å². The summed E-state index contributed by atoms with van der Waals surface area (Å²) in [6, 6.07) is 5.91. The first kappa shape index (κ1) is 16.1. The number of ether oxygens (including phenoxy) is 1. The summed E-state index contributed by atoms with van der Waals surface area (Å²) in [4.78, 5) is 6.63. The van der Waals surface area contributed by atoms with Gasteiger partial charge in [-0.25, -0.2) is 0 Å². The van der Waals surface area contributed by atoms with Gasteiger partial charge < -0.3 is 9.15 Å². The highest BCUT2D eigenvalue weighted by Crippen LogP contribution is 2.18. The highest BCUT2D eigenvalue weighted by molar-refractivity contribution is 5.02. The lowest BCUT2D eigenvalue weighted by molar-refractivity contribution is -0.00660. The van der Waals surface area contributed by atoms with Crippen molar-refractivity contribution in [2.24, 2.45) is 0 Å². The van der Waals surface area contributed by atoms with E-state index in [-0.39, 0.29) is 5.92 Å². The molecule has 1 aliphatic heterocycles. The lowest BCUT2D eigenvalue weighted by atomic mass is 10.1. The van der Waals surface area contributed by atoms with E-state index in [0.717, 1.165) is 38.2 Å². The van der Waals surface area contributed by atoms with Gasteiger partial charge in [0.2, 0.25) is 11.8 Å². The minimum atomic E-state index is 0.280. The lowest BCUT2D eigenvalue weighted by Crippen LogP contribution is -2.36. The van der Waals surface area contributed by atoms with Crippen molar-refractivity contribution in [2.45, 2.75) is 51.9 Å². The molecule has 3 rings (SSSR count). The predicted octanol–water partition coefficient (Wildman–Crippen LogP) is 2.77. The summed E-state index contributed by atoms with van der Waals surface area (Å²) in [5.41, 5.74) is 0.988. The molecule has 0 saturated carbocycles. The van der Waals surface area contributed by atoms with Crippen LogP contribution in [0.1, 0.15) is 50.1 Å². The van der Waals surface area contributed by atoms with Crippen LogP contribution in [0.5, 0.6) is 0 Å². The van der Waals surface area contributed by atoms with Crippen molar-refractivity contribution < 1.29 is 9.15 Å². The Bertz CT molecular complexity index is 592. The van der Waals surface area contributed by atoms with Gasteiger partial charge in [-0.3, -0.25) is 9.88 Å². The van der Waals surface area contributed by atoms with Crippen LogP contribution in [-0.2, 0) is 17.9 Å². The van der Waals surface area contributed by atoms with Crippen molar-refractivity contribution in [3.8, 4) is 0 Å². The molecule has 0 amide bonds. The van der Waals surface area contributed by atoms with Crippen LogP contribution in [0, 0.1) is 0 Å². The van der Waals surface area contributed by atoms with Crippen LogP contribution in [0.4, 0.5) is 0 Å². The molecule has 1 saturated heterocycles. The van der Waals surface area contributed by atoms with Crippen molar-refractivity contribution in [1.29, 1.82) is 0 Å². The van der Waals surface area contributed by atoms with E-state index >= 15 is 0 Å². The zero-order valence-electron chi connectivity index (χ0n) is 13.8. The Balaban J connectivity index is 1.41. The van der Waals surface area contributed by atoms with Gasteiger partial charge in [0.05, 0.1) is 24.9 Å². The molecule has 0 aromatic carbocycles. The molecule has 0 radical (unpaired) electrons. The molecule has 0 aliphatic carbocycles. The van der Waals surface area contributed by atoms with Crippen LogP contribution in [0.15, 0.2) is 28.8 Å². The first-order valence-electron chi connectivity index (χ1n) is 8.27. The van der Waals surface area contributed by atoms with E-state index in [0.29, 0.717) is 24.5 Å². The second kappa shape index (κ2) is 7.66. The highest BCUT2D eigenvalue weighted by Gasteiger charge is 2.21. The maximum Gasteiger partial charge on any atom is 0.230 e. The highest BCUT2D eigenvalue weighted by atomic mass is 16.5. The van der Waals surface area contributed by atoms with Crippen LogP contribution < -0.4 is 0 Å². The molecule has 2 aromatic rings. The van der Waals surface area contributed by atoms with Gasteiger partial charge in [-0.05, 0) is 25.0 Å². The molecule has 124 valence electrons. The van der Waals surface area contributed by atoms with Crippen LogP contribution in [0.2, 0.25) is 0 Å². The molecule has 6 heteroatoms. The molecule has 2 aromatic heterocycles. The van der Waals surface area contributed by atoms with Crippen LogP contribution in [0.3, 0.4) is 0 Å². The first-order valence-corrected chi connectivity index (χ1v) is 8.27. The Hall–Kier alpha value is -1.79. The zero-order valence-corrected chi connectivity index (χ0v) is 13.8. The molecule has 1 aliphatic rings. The molecule has 23 heavy (non-hydrogen) atoms. The van der Waals surface area contributed by atoms with Gasteiger partial charge in [0.15, 0.2) is 0 Å². The van der Waals surface area contributed by atoms with Crippen molar-refractivity contribution in [2.75, 3.05) is 13.1 Å². The number of hydrogen-bond donors (Lipinski definition) is 0. The molecule has 0 N–H and O–H groups in total. The van der Waals surface area contributed by atoms with Gasteiger partial charge in [-0.2, -0.15) is 0 Å². The largest absolute Gasteiger partial charge is 0.424 e. The zero-order chi connectivity index (χ0) is 16.1. The molecule has 1 fully saturated rings. The fourth-order valence-corrected chi connectivity index (χ4v) is 2.68. The van der Waals surface area contributed by atoms with Crippen molar-refractivity contribution in [3.63, 3.8) is 0 Å². The second-order valence-corrected chi connectivity index (χ2v) is 6.30. The van der Waals surface area contributed by atoms with Gasteiger partial charge in [-0.1, -0.05) is 19.9 Å². The van der Waals surface area contributed by atoms with Crippen LogP contribution in [0.25, 0.3) is 0 Å². The molecule has 6 nitrogen and oxygen atoms in total. The SMILES string of the molecule is CC(C)c1nnc(CN2CCC(OCc3ccccn3)CC2)o1. The molecular weight excluding hydrogens is 292 g/mol. The number of aromatic nitrogens is 3. The minimum Gasteiger partial charge on any atom is -0.424 e. The number of pyridine rings is 1. The maximum absolute atomic E-state index is 5.96. The topological polar surface area (TPSA) is 64.3 Å². The second-order valence-electron chi connectivity index (χ2n) is 6.30. The number of hydrogen-bond acceptors (Lipinski definition) is 6. The molecular formula is C17H24N4O2. The van der Waals surface area contributed by atoms with E-state index in [2.05, 4.69) is 33.9 Å². The van der Waals surface area contributed by atoms with Crippen LogP contribution in [-0.4, -0.2) is 39.3 Å². The summed E-state index contributed by atoms with van der Waals surface area (Å²) in [5, 5.41) is 8.21. The third-order valence-electron chi connectivity index (χ3n) is 4.06. The van der Waals surface area contributed by atoms with E-state index in [1.165, 1.54) is 0 Å². The molecule has 0 bridgehead atoms. The quantitative estimate of drug-likeness (QED) is 0.816. The van der Waals surface area contributed by atoms with Gasteiger partial charge in [0.1, 0.15) is 0 Å². The number of rotatable bonds is 6. The van der Waals surface area contributed by atoms with E-state index < -0.39 is 0 Å². The summed E-state index contributed by atoms with van der Waals surface area (Å²) in [6.45, 7) is 7.42. The molecule has 3 heterocycles. The average molecular weight is 316 g/mol. The van der Waals surface area contributed by atoms with Gasteiger partial charge in [0, 0.05) is 25.2 Å². The summed E-state index contributed by atoms with van der Waals surface area (Å²) in [6.07, 6.45) is 4.16. The van der Waals surface area contributed by atoms with Crippen molar-refractivity contribution >= 4 is 0 Å². The molecule has 0 spiro atoms. The number of piperidine rings is 1. The third-order valence-corrected chi connectivity index (χ3v) is 4.06. The van der Waals surface area contributed by atoms with Crippen molar-refractivity contribution in [1.82, 2.24) is 20.1 Å². The normalized spacial score (nSPS) is 17.0. The Labute approximate surface area is 136 Å². The van der Waals surface area contributed by atoms with E-state index in [1.54, 1.807) is 6.20 Å². The predicted molar refractivity (Wildman–Crippen MR) is 85.7 cm³/mol. The summed E-state index contributed by atoms with van der Waals surface area (Å²) in [5.74, 6) is 1.71. The van der Waals surface area contributed by atoms with E-state index in [4.69, 9.17) is 9.15 Å². The smallest absolute Gasteiger partial charge is 0.230 e. The van der Waals surface area contributed by atoms with Crippen molar-refractivity contribution in [3.05, 3.63) is 41.9 Å². The van der Waals surface area contributed by atoms with Crippen LogP contribution >= 0.6 is 0 Å². The van der Waals surface area contributed by atoms with E-state index in [9.17, 15) is 0 Å². The molecule has 0 unspecified atom stereocenters. The maximum atomic E-state index is 5.96. The Morgan fingerprint density at radius 1 is 1.26 bits per heavy atom. The van der Waals surface area contributed by atoms with E-state index in [1.807, 2.05) is 18.2 Å².